The molecule has 1 N–H and O–H groups in total. The molecule has 3 heterocycles. The zero-order chi connectivity index (χ0) is 24.6. The second-order valence-corrected chi connectivity index (χ2v) is 10.9. The minimum absolute atomic E-state index is 0.143. The summed E-state index contributed by atoms with van der Waals surface area (Å²) in [6.07, 6.45) is 3.52. The second-order valence-electron chi connectivity index (χ2n) is 8.92. The van der Waals surface area contributed by atoms with Crippen LogP contribution in [0.4, 0.5) is 5.95 Å². The third-order valence-electron chi connectivity index (χ3n) is 6.70. The Labute approximate surface area is 204 Å². The van der Waals surface area contributed by atoms with Gasteiger partial charge in [0, 0.05) is 39.5 Å². The van der Waals surface area contributed by atoms with Gasteiger partial charge in [-0.15, -0.1) is 0 Å². The second kappa shape index (κ2) is 9.43. The molecular formula is C25H30N6O3S. The number of aryl methyl sites for hydroxylation is 3. The van der Waals surface area contributed by atoms with Gasteiger partial charge in [-0.2, -0.15) is 4.31 Å². The first kappa shape index (κ1) is 23.5. The number of benzene rings is 2. The summed E-state index contributed by atoms with van der Waals surface area (Å²) in [5.74, 6) is 1.12. The molecule has 0 unspecified atom stereocenters. The first-order valence-electron chi connectivity index (χ1n) is 12.1. The number of nitrogens with one attached hydrogen (secondary N) is 1. The lowest BCUT2D eigenvalue weighted by molar-refractivity contribution is -0.116. The number of aromatic nitrogens is 4. The number of anilines is 1. The Kier molecular flexibility index (Phi) is 6.33. The van der Waals surface area contributed by atoms with Crippen LogP contribution < -0.4 is 5.32 Å². The van der Waals surface area contributed by atoms with Crippen molar-refractivity contribution in [1.82, 2.24) is 23.4 Å². The van der Waals surface area contributed by atoms with Gasteiger partial charge in [0.1, 0.15) is 5.82 Å². The zero-order valence-electron chi connectivity index (χ0n) is 20.1. The molecule has 9 nitrogen and oxygen atoms in total. The Hall–Kier alpha value is -3.24. The highest BCUT2D eigenvalue weighted by Gasteiger charge is 2.26. The van der Waals surface area contributed by atoms with Gasteiger partial charge >= 0.3 is 0 Å². The lowest BCUT2D eigenvalue weighted by Crippen LogP contribution is -2.35. The fourth-order valence-electron chi connectivity index (χ4n) is 4.77. The van der Waals surface area contributed by atoms with E-state index in [-0.39, 0.29) is 17.2 Å². The van der Waals surface area contributed by atoms with Crippen LogP contribution in [0, 0.1) is 0 Å². The number of hydrogen-bond acceptors (Lipinski definition) is 5. The maximum Gasteiger partial charge on any atom is 0.243 e. The van der Waals surface area contributed by atoms with Crippen molar-refractivity contribution in [3.05, 3.63) is 48.3 Å². The van der Waals surface area contributed by atoms with E-state index >= 15 is 0 Å². The summed E-state index contributed by atoms with van der Waals surface area (Å²) in [7, 11) is -1.64. The molecule has 35 heavy (non-hydrogen) atoms. The van der Waals surface area contributed by atoms with E-state index in [2.05, 4.69) is 15.3 Å². The summed E-state index contributed by atoms with van der Waals surface area (Å²) in [6, 6.07) is 12.9. The topological polar surface area (TPSA) is 102 Å². The zero-order valence-corrected chi connectivity index (χ0v) is 20.9. The number of amides is 1. The van der Waals surface area contributed by atoms with E-state index in [1.54, 1.807) is 22.5 Å². The summed E-state index contributed by atoms with van der Waals surface area (Å²) < 4.78 is 31.6. The van der Waals surface area contributed by atoms with Gasteiger partial charge in [0.2, 0.25) is 21.9 Å². The number of hydrogen-bond donors (Lipinski definition) is 1. The maximum absolute atomic E-state index is 13.1. The third-order valence-corrected chi connectivity index (χ3v) is 8.59. The van der Waals surface area contributed by atoms with Crippen LogP contribution in [0.15, 0.2) is 47.4 Å². The molecule has 1 fully saturated rings. The van der Waals surface area contributed by atoms with Crippen molar-refractivity contribution in [2.45, 2.75) is 50.5 Å². The molecule has 0 bridgehead atoms. The van der Waals surface area contributed by atoms with E-state index in [1.165, 1.54) is 0 Å². The number of rotatable bonds is 7. The van der Waals surface area contributed by atoms with Crippen LogP contribution in [0.2, 0.25) is 0 Å². The quantitative estimate of drug-likeness (QED) is 0.422. The van der Waals surface area contributed by atoms with Crippen molar-refractivity contribution in [1.29, 1.82) is 0 Å². The highest BCUT2D eigenvalue weighted by atomic mass is 32.2. The molecule has 1 amide bonds. The minimum atomic E-state index is -3.52. The average molecular weight is 495 g/mol. The highest BCUT2D eigenvalue weighted by molar-refractivity contribution is 7.89. The van der Waals surface area contributed by atoms with Crippen LogP contribution in [0.1, 0.15) is 38.4 Å². The summed E-state index contributed by atoms with van der Waals surface area (Å²) in [6.45, 7) is 3.84. The molecule has 2 aromatic carbocycles. The fraction of sp³-hybridized carbons (Fsp3) is 0.400. The van der Waals surface area contributed by atoms with Crippen LogP contribution in [0.3, 0.4) is 0 Å². The number of imidazole rings is 2. The molecule has 4 aromatic rings. The van der Waals surface area contributed by atoms with Crippen LogP contribution in [-0.4, -0.2) is 50.8 Å². The first-order valence-corrected chi connectivity index (χ1v) is 13.5. The van der Waals surface area contributed by atoms with Crippen molar-refractivity contribution in [3.8, 4) is 0 Å². The van der Waals surface area contributed by atoms with Crippen LogP contribution >= 0.6 is 0 Å². The fourth-order valence-corrected chi connectivity index (χ4v) is 6.31. The van der Waals surface area contributed by atoms with Crippen molar-refractivity contribution in [2.24, 2.45) is 7.05 Å². The van der Waals surface area contributed by atoms with Gasteiger partial charge in [-0.05, 0) is 50.1 Å². The summed E-state index contributed by atoms with van der Waals surface area (Å²) >= 11 is 0. The van der Waals surface area contributed by atoms with Gasteiger partial charge in [-0.1, -0.05) is 18.6 Å². The van der Waals surface area contributed by atoms with Crippen LogP contribution in [0.25, 0.3) is 22.1 Å². The predicted octanol–water partition coefficient (Wildman–Crippen LogP) is 3.69. The number of carbonyl (C=O) groups is 1. The van der Waals surface area contributed by atoms with Crippen molar-refractivity contribution < 1.29 is 13.2 Å². The van der Waals surface area contributed by atoms with Crippen molar-refractivity contribution in [3.63, 3.8) is 0 Å². The third kappa shape index (κ3) is 4.43. The molecule has 184 valence electrons. The molecule has 10 heteroatoms. The lowest BCUT2D eigenvalue weighted by Gasteiger charge is -2.25. The summed E-state index contributed by atoms with van der Waals surface area (Å²) in [5, 5.41) is 2.93. The summed E-state index contributed by atoms with van der Waals surface area (Å²) in [4.78, 5) is 22.2. The Morgan fingerprint density at radius 3 is 2.54 bits per heavy atom. The molecule has 0 spiro atoms. The van der Waals surface area contributed by atoms with E-state index in [1.807, 2.05) is 47.4 Å². The number of nitrogens with zero attached hydrogens (tertiary/aromatic N) is 5. The molecule has 1 saturated heterocycles. The largest absolute Gasteiger partial charge is 0.331 e. The van der Waals surface area contributed by atoms with Gasteiger partial charge in [0.15, 0.2) is 0 Å². The maximum atomic E-state index is 13.1. The Bertz CT molecular complexity index is 1500. The van der Waals surface area contributed by atoms with Crippen LogP contribution in [-0.2, 0) is 34.8 Å². The van der Waals surface area contributed by atoms with E-state index in [4.69, 9.17) is 0 Å². The smallest absolute Gasteiger partial charge is 0.243 e. The molecular weight excluding hydrogens is 464 g/mol. The highest BCUT2D eigenvalue weighted by Crippen LogP contribution is 2.25. The molecule has 0 atom stereocenters. The van der Waals surface area contributed by atoms with E-state index in [9.17, 15) is 13.2 Å². The standard InChI is InChI=1S/C25H30N6O3S/c1-3-31-22-10-6-5-9-19(22)27-25(31)28-24(32)14-13-23-26-20-17-18(11-12-21(20)29(23)2)35(33,34)30-15-7-4-8-16-30/h5-6,9-12,17H,3-4,7-8,13-16H2,1-2H3,(H,27,28,32). The van der Waals surface area contributed by atoms with Crippen LogP contribution in [0.5, 0.6) is 0 Å². The van der Waals surface area contributed by atoms with Gasteiger partial charge in [-0.25, -0.2) is 18.4 Å². The molecule has 1 aliphatic heterocycles. The number of piperidine rings is 1. The first-order chi connectivity index (χ1) is 16.9. The van der Waals surface area contributed by atoms with Crippen molar-refractivity contribution in [2.75, 3.05) is 18.4 Å². The number of para-hydroxylation sites is 2. The molecule has 0 aliphatic carbocycles. The average Bonchev–Trinajstić information content (AvgIpc) is 3.39. The normalized spacial score (nSPS) is 15.1. The van der Waals surface area contributed by atoms with Gasteiger partial charge in [0.05, 0.1) is 27.0 Å². The number of carbonyl (C=O) groups excluding carboxylic acids is 1. The minimum Gasteiger partial charge on any atom is -0.331 e. The number of fused-ring (bicyclic) bond motifs is 2. The molecule has 0 radical (unpaired) electrons. The van der Waals surface area contributed by atoms with Gasteiger partial charge in [0.25, 0.3) is 0 Å². The Morgan fingerprint density at radius 1 is 1.00 bits per heavy atom. The molecule has 2 aromatic heterocycles. The van der Waals surface area contributed by atoms with E-state index < -0.39 is 10.0 Å². The molecule has 1 aliphatic rings. The summed E-state index contributed by atoms with van der Waals surface area (Å²) in [5.41, 5.74) is 3.28. The predicted molar refractivity (Wildman–Crippen MR) is 136 cm³/mol. The van der Waals surface area contributed by atoms with Gasteiger partial charge in [-0.3, -0.25) is 10.1 Å². The van der Waals surface area contributed by atoms with Gasteiger partial charge < -0.3 is 9.13 Å². The molecule has 5 rings (SSSR count). The molecule has 0 saturated carbocycles. The van der Waals surface area contributed by atoms with Crippen molar-refractivity contribution >= 4 is 43.9 Å². The Balaban J connectivity index is 1.31. The monoisotopic (exact) mass is 494 g/mol. The Morgan fingerprint density at radius 2 is 1.77 bits per heavy atom. The van der Waals surface area contributed by atoms with E-state index in [0.29, 0.717) is 37.5 Å². The van der Waals surface area contributed by atoms with E-state index in [0.717, 1.165) is 41.6 Å². The SMILES string of the molecule is CCn1c(NC(=O)CCc2nc3cc(S(=O)(=O)N4CCCCC4)ccc3n2C)nc2ccccc21. The lowest BCUT2D eigenvalue weighted by atomic mass is 10.2. The number of sulfonamides is 1.